The first-order valence-corrected chi connectivity index (χ1v) is 23.7. The van der Waals surface area contributed by atoms with Crippen LogP contribution in [-0.2, 0) is 23.8 Å². The molecule has 0 spiro atoms. The second-order valence-corrected chi connectivity index (χ2v) is 16.1. The number of carbonyl (C=O) groups excluding carboxylic acids is 2. The van der Waals surface area contributed by atoms with Crippen LogP contribution in [0, 0.1) is 11.8 Å². The summed E-state index contributed by atoms with van der Waals surface area (Å²) in [4.78, 5) is 25.4. The second-order valence-electron chi connectivity index (χ2n) is 16.1. The Morgan fingerprint density at radius 1 is 0.589 bits per heavy atom. The van der Waals surface area contributed by atoms with Crippen molar-refractivity contribution in [1.29, 1.82) is 0 Å². The highest BCUT2D eigenvalue weighted by molar-refractivity contribution is 5.84. The van der Waals surface area contributed by atoms with Gasteiger partial charge in [-0.2, -0.15) is 0 Å². The number of esters is 1. The van der Waals surface area contributed by atoms with E-state index in [-0.39, 0.29) is 36.3 Å². The van der Waals surface area contributed by atoms with Crippen molar-refractivity contribution >= 4 is 11.8 Å². The van der Waals surface area contributed by atoms with E-state index < -0.39 is 0 Å². The first-order chi connectivity index (χ1) is 27.6. The van der Waals surface area contributed by atoms with Crippen LogP contribution in [0.1, 0.15) is 207 Å². The van der Waals surface area contributed by atoms with Crippen molar-refractivity contribution in [2.45, 2.75) is 213 Å². The van der Waals surface area contributed by atoms with Gasteiger partial charge in [0.2, 0.25) is 0 Å². The van der Waals surface area contributed by atoms with Crippen LogP contribution in [0.4, 0.5) is 0 Å². The smallest absolute Gasteiger partial charge is 0.306 e. The lowest BCUT2D eigenvalue weighted by atomic mass is 9.89. The van der Waals surface area contributed by atoms with Crippen LogP contribution in [0.3, 0.4) is 0 Å². The molecule has 5 heteroatoms. The molecule has 0 radical (unpaired) electrons. The Hall–Kier alpha value is -2.24. The molecule has 5 nitrogen and oxygen atoms in total. The Morgan fingerprint density at radius 2 is 1.09 bits per heavy atom. The van der Waals surface area contributed by atoms with Crippen LogP contribution < -0.4 is 0 Å². The second kappa shape index (κ2) is 40.9. The van der Waals surface area contributed by atoms with E-state index in [0.29, 0.717) is 32.7 Å². The quantitative estimate of drug-likeness (QED) is 0.0352. The van der Waals surface area contributed by atoms with Gasteiger partial charge in [0.05, 0.1) is 6.61 Å². The number of allylic oxidation sites excluding steroid dienone is 10. The lowest BCUT2D eigenvalue weighted by Gasteiger charge is -2.20. The van der Waals surface area contributed by atoms with E-state index in [4.69, 9.17) is 14.2 Å². The van der Waals surface area contributed by atoms with E-state index >= 15 is 0 Å². The van der Waals surface area contributed by atoms with Gasteiger partial charge in [0.1, 0.15) is 18.5 Å². The zero-order valence-electron chi connectivity index (χ0n) is 36.9. The minimum absolute atomic E-state index is 0.0567. The van der Waals surface area contributed by atoms with Crippen molar-refractivity contribution in [2.75, 3.05) is 26.4 Å². The molecule has 0 aromatic rings. The Labute approximate surface area is 346 Å². The fourth-order valence-corrected chi connectivity index (χ4v) is 7.31. The third kappa shape index (κ3) is 32.8. The summed E-state index contributed by atoms with van der Waals surface area (Å²) in [7, 11) is 0. The Balaban J connectivity index is 2.28. The number of carbonyl (C=O) groups is 2. The molecular weight excluding hydrogens is 693 g/mol. The van der Waals surface area contributed by atoms with Gasteiger partial charge < -0.3 is 14.2 Å². The maximum Gasteiger partial charge on any atom is 0.306 e. The molecule has 0 N–H and O–H groups in total. The fourth-order valence-electron chi connectivity index (χ4n) is 7.31. The van der Waals surface area contributed by atoms with Crippen LogP contribution in [0.15, 0.2) is 60.8 Å². The Morgan fingerprint density at radius 3 is 1.62 bits per heavy atom. The monoisotopic (exact) mass is 781 g/mol. The molecule has 1 saturated carbocycles. The highest BCUT2D eigenvalue weighted by atomic mass is 16.6. The molecular formula is C51H88O5. The third-order valence-electron chi connectivity index (χ3n) is 10.9. The summed E-state index contributed by atoms with van der Waals surface area (Å²) in [5.41, 5.74) is 0. The molecule has 0 amide bonds. The van der Waals surface area contributed by atoms with E-state index in [1.54, 1.807) is 0 Å². The maximum atomic E-state index is 12.9. The van der Waals surface area contributed by atoms with Crippen molar-refractivity contribution in [1.82, 2.24) is 0 Å². The van der Waals surface area contributed by atoms with Crippen LogP contribution in [0.25, 0.3) is 0 Å². The van der Waals surface area contributed by atoms with Crippen LogP contribution in [0.2, 0.25) is 0 Å². The number of hydrogen-bond acceptors (Lipinski definition) is 5. The first-order valence-electron chi connectivity index (χ1n) is 23.7. The molecule has 56 heavy (non-hydrogen) atoms. The van der Waals surface area contributed by atoms with Gasteiger partial charge in [0.25, 0.3) is 0 Å². The summed E-state index contributed by atoms with van der Waals surface area (Å²) in [5.74, 6) is 0.0881. The molecule has 1 aliphatic rings. The standard InChI is InChI=1S/C51H88O5/c1-4-7-10-12-14-16-18-20-22-24-26-28-30-32-34-37-42-54-45-48(46-56-51(53)44-47-40-41-50(52)49(47)39-36-9-6-3)55-43-38-35-33-31-29-27-25-23-21-19-17-15-13-11-8-5-2/h9,14-17,20-23,36,47-49H,4-8,10-13,18-19,24-35,37-46H2,1-3H3/b16-14-,17-15-,22-20-,23-21-,36-9-. The van der Waals surface area contributed by atoms with E-state index in [9.17, 15) is 9.59 Å². The first kappa shape index (κ1) is 51.8. The van der Waals surface area contributed by atoms with E-state index in [1.807, 2.05) is 0 Å². The van der Waals surface area contributed by atoms with Crippen molar-refractivity contribution in [3.63, 3.8) is 0 Å². The molecule has 1 fully saturated rings. The minimum Gasteiger partial charge on any atom is -0.463 e. The molecule has 1 aliphatic carbocycles. The average Bonchev–Trinajstić information content (AvgIpc) is 3.54. The van der Waals surface area contributed by atoms with Gasteiger partial charge in [0, 0.05) is 32.0 Å². The van der Waals surface area contributed by atoms with Gasteiger partial charge in [-0.3, -0.25) is 9.59 Å². The predicted octanol–water partition coefficient (Wildman–Crippen LogP) is 14.9. The molecule has 0 aromatic heterocycles. The normalized spacial score (nSPS) is 16.9. The highest BCUT2D eigenvalue weighted by Gasteiger charge is 2.35. The van der Waals surface area contributed by atoms with E-state index in [1.165, 1.54) is 122 Å². The summed E-state index contributed by atoms with van der Waals surface area (Å²) in [6, 6.07) is 0. The topological polar surface area (TPSA) is 61.8 Å². The van der Waals surface area contributed by atoms with Crippen molar-refractivity contribution < 1.29 is 23.8 Å². The van der Waals surface area contributed by atoms with Gasteiger partial charge in [-0.25, -0.2) is 0 Å². The molecule has 1 rings (SSSR count). The molecule has 322 valence electrons. The number of rotatable bonds is 40. The summed E-state index contributed by atoms with van der Waals surface area (Å²) < 4.78 is 18.0. The van der Waals surface area contributed by atoms with Gasteiger partial charge in [0.15, 0.2) is 0 Å². The summed E-state index contributed by atoms with van der Waals surface area (Å²) in [5, 5.41) is 0. The van der Waals surface area contributed by atoms with E-state index in [2.05, 4.69) is 81.5 Å². The molecule has 0 aromatic carbocycles. The lowest BCUT2D eigenvalue weighted by Crippen LogP contribution is -2.29. The Kier molecular flexibility index (Phi) is 37.9. The molecule has 3 unspecified atom stereocenters. The molecule has 3 atom stereocenters. The number of ketones is 1. The minimum atomic E-state index is -0.255. The summed E-state index contributed by atoms with van der Waals surface area (Å²) in [6.45, 7) is 8.64. The van der Waals surface area contributed by atoms with Gasteiger partial charge in [-0.05, 0) is 102 Å². The molecule has 0 saturated heterocycles. The Bertz CT molecular complexity index is 1040. The highest BCUT2D eigenvalue weighted by Crippen LogP contribution is 2.34. The molecule has 0 heterocycles. The van der Waals surface area contributed by atoms with Crippen molar-refractivity contribution in [2.24, 2.45) is 11.8 Å². The average molecular weight is 781 g/mol. The molecule has 0 bridgehead atoms. The van der Waals surface area contributed by atoms with Gasteiger partial charge in [-0.1, -0.05) is 159 Å². The SMILES string of the molecule is CC/C=C\CC1C(=O)CCC1CC(=O)OCC(COCCCCCCCC/C=C\C/C=C\CCCCC)OCCCCCCCC/C=C\C/C=C\CCCCC. The molecule has 0 aliphatic heterocycles. The number of ether oxygens (including phenoxy) is 3. The third-order valence-corrected chi connectivity index (χ3v) is 10.9. The van der Waals surface area contributed by atoms with Crippen LogP contribution in [0.5, 0.6) is 0 Å². The van der Waals surface area contributed by atoms with Crippen molar-refractivity contribution in [3.05, 3.63) is 60.8 Å². The zero-order valence-corrected chi connectivity index (χ0v) is 36.9. The number of unbranched alkanes of at least 4 members (excludes halogenated alkanes) is 18. The van der Waals surface area contributed by atoms with Crippen LogP contribution in [-0.4, -0.2) is 44.3 Å². The zero-order chi connectivity index (χ0) is 40.4. The predicted molar refractivity (Wildman–Crippen MR) is 240 cm³/mol. The largest absolute Gasteiger partial charge is 0.463 e. The van der Waals surface area contributed by atoms with Crippen molar-refractivity contribution in [3.8, 4) is 0 Å². The maximum absolute atomic E-state index is 12.9. The number of Topliss-reactive ketones (excluding diaryl/α,β-unsaturated/α-hetero) is 1. The number of hydrogen-bond donors (Lipinski definition) is 0. The van der Waals surface area contributed by atoms with Gasteiger partial charge >= 0.3 is 5.97 Å². The van der Waals surface area contributed by atoms with Crippen LogP contribution >= 0.6 is 0 Å². The summed E-state index contributed by atoms with van der Waals surface area (Å²) >= 11 is 0. The van der Waals surface area contributed by atoms with Gasteiger partial charge in [-0.15, -0.1) is 0 Å². The fraction of sp³-hybridized carbons (Fsp3) is 0.765. The summed E-state index contributed by atoms with van der Waals surface area (Å²) in [6.07, 6.45) is 55.2. The van der Waals surface area contributed by atoms with E-state index in [0.717, 1.165) is 51.4 Å². The lowest BCUT2D eigenvalue weighted by molar-refractivity contribution is -0.151.